The Morgan fingerprint density at radius 3 is 2.71 bits per heavy atom. The molecule has 1 N–H and O–H groups in total. The van der Waals surface area contributed by atoms with Crippen molar-refractivity contribution in [1.29, 1.82) is 5.26 Å². The van der Waals surface area contributed by atoms with Gasteiger partial charge < -0.3 is 5.32 Å². The van der Waals surface area contributed by atoms with Crippen molar-refractivity contribution in [2.75, 3.05) is 5.32 Å². The molecule has 0 saturated heterocycles. The van der Waals surface area contributed by atoms with E-state index in [1.807, 2.05) is 31.2 Å². The minimum atomic E-state index is -0.311. The molecule has 0 aliphatic heterocycles. The number of nitrogens with one attached hydrogen (secondary N) is 1. The van der Waals surface area contributed by atoms with Gasteiger partial charge >= 0.3 is 0 Å². The number of amides is 1. The van der Waals surface area contributed by atoms with E-state index >= 15 is 0 Å². The summed E-state index contributed by atoms with van der Waals surface area (Å²) in [7, 11) is 0. The Labute approximate surface area is 145 Å². The second-order valence-corrected chi connectivity index (χ2v) is 6.64. The van der Waals surface area contributed by atoms with E-state index in [-0.39, 0.29) is 17.0 Å². The predicted octanol–water partition coefficient (Wildman–Crippen LogP) is 4.87. The van der Waals surface area contributed by atoms with E-state index in [2.05, 4.69) is 11.4 Å². The first kappa shape index (κ1) is 17.8. The molecule has 0 bridgehead atoms. The van der Waals surface area contributed by atoms with Gasteiger partial charge in [-0.05, 0) is 35.9 Å². The second kappa shape index (κ2) is 8.90. The highest BCUT2D eigenvalue weighted by Gasteiger charge is 2.09. The van der Waals surface area contributed by atoms with Gasteiger partial charge in [0.05, 0.1) is 11.8 Å². The molecule has 2 aromatic rings. The van der Waals surface area contributed by atoms with Crippen molar-refractivity contribution in [2.24, 2.45) is 0 Å². The number of rotatable bonds is 6. The molecule has 0 radical (unpaired) electrons. The number of halogens is 1. The number of nitrogens with zero attached hydrogens (tertiary/aromatic N) is 1. The summed E-state index contributed by atoms with van der Waals surface area (Å²) in [5.74, 6) is -0.575. The van der Waals surface area contributed by atoms with Crippen LogP contribution >= 0.6 is 11.8 Å². The van der Waals surface area contributed by atoms with Gasteiger partial charge in [0.15, 0.2) is 0 Å². The molecule has 1 amide bonds. The number of hydrogen-bond acceptors (Lipinski definition) is 3. The fourth-order valence-electron chi connectivity index (χ4n) is 1.98. The largest absolute Gasteiger partial charge is 0.321 e. The van der Waals surface area contributed by atoms with E-state index in [1.54, 1.807) is 30.0 Å². The van der Waals surface area contributed by atoms with Crippen LogP contribution in [0.15, 0.2) is 59.5 Å². The lowest BCUT2D eigenvalue weighted by atomic mass is 10.2. The fraction of sp³-hybridized carbons (Fsp3) is 0.158. The Bertz CT molecular complexity index is 766. The number of nitriles is 1. The number of para-hydroxylation sites is 1. The number of carbonyl (C=O) groups is 1. The molecule has 2 aromatic carbocycles. The highest BCUT2D eigenvalue weighted by Crippen LogP contribution is 2.31. The molecule has 24 heavy (non-hydrogen) atoms. The molecule has 122 valence electrons. The van der Waals surface area contributed by atoms with Gasteiger partial charge in [-0.1, -0.05) is 31.2 Å². The third-order valence-electron chi connectivity index (χ3n) is 3.15. The van der Waals surface area contributed by atoms with Gasteiger partial charge in [-0.15, -0.1) is 11.8 Å². The summed E-state index contributed by atoms with van der Waals surface area (Å²) in [5, 5.41) is 11.7. The van der Waals surface area contributed by atoms with Crippen LogP contribution < -0.4 is 5.32 Å². The van der Waals surface area contributed by atoms with Gasteiger partial charge in [-0.2, -0.15) is 5.26 Å². The van der Waals surface area contributed by atoms with Crippen molar-refractivity contribution in [3.8, 4) is 6.07 Å². The summed E-state index contributed by atoms with van der Waals surface area (Å²) >= 11 is 1.55. The molecule has 2 rings (SSSR count). The lowest BCUT2D eigenvalue weighted by Gasteiger charge is -2.12. The van der Waals surface area contributed by atoms with Crippen LogP contribution in [-0.2, 0) is 4.79 Å². The molecule has 0 spiro atoms. The van der Waals surface area contributed by atoms with E-state index < -0.39 is 0 Å². The summed E-state index contributed by atoms with van der Waals surface area (Å²) in [6.07, 6.45) is 3.48. The van der Waals surface area contributed by atoms with Gasteiger partial charge in [-0.25, -0.2) is 4.39 Å². The number of anilines is 1. The maximum Gasteiger partial charge on any atom is 0.248 e. The predicted molar refractivity (Wildman–Crippen MR) is 96.1 cm³/mol. The molecule has 0 aliphatic carbocycles. The Morgan fingerprint density at radius 2 is 2.00 bits per heavy atom. The first-order valence-corrected chi connectivity index (χ1v) is 8.33. The molecular formula is C19H17FN2OS. The monoisotopic (exact) mass is 340 g/mol. The normalized spacial score (nSPS) is 11.9. The van der Waals surface area contributed by atoms with Crippen molar-refractivity contribution < 1.29 is 9.18 Å². The molecule has 0 heterocycles. The van der Waals surface area contributed by atoms with Crippen LogP contribution in [0.25, 0.3) is 6.08 Å². The molecule has 3 nitrogen and oxygen atoms in total. The van der Waals surface area contributed by atoms with Crippen molar-refractivity contribution >= 4 is 29.4 Å². The van der Waals surface area contributed by atoms with E-state index in [4.69, 9.17) is 5.26 Å². The number of thioether (sulfide) groups is 1. The number of carbonyl (C=O) groups excluding carboxylic acids is 1. The van der Waals surface area contributed by atoms with E-state index in [1.165, 1.54) is 18.2 Å². The Kier molecular flexibility index (Phi) is 6.59. The van der Waals surface area contributed by atoms with Gasteiger partial charge in [-0.3, -0.25) is 4.79 Å². The summed E-state index contributed by atoms with van der Waals surface area (Å²) in [6.45, 7) is 1.97. The van der Waals surface area contributed by atoms with Gasteiger partial charge in [0, 0.05) is 22.6 Å². The first-order valence-electron chi connectivity index (χ1n) is 7.46. The molecule has 1 atom stereocenters. The number of hydrogen-bond donors (Lipinski definition) is 1. The second-order valence-electron chi connectivity index (χ2n) is 5.16. The average molecular weight is 340 g/mol. The third-order valence-corrected chi connectivity index (χ3v) is 4.33. The third kappa shape index (κ3) is 5.56. The smallest absolute Gasteiger partial charge is 0.248 e. The number of benzene rings is 2. The zero-order valence-corrected chi connectivity index (χ0v) is 14.0. The molecule has 5 heteroatoms. The first-order chi connectivity index (χ1) is 11.6. The maximum absolute atomic E-state index is 12.9. The van der Waals surface area contributed by atoms with Crippen LogP contribution in [0, 0.1) is 17.1 Å². The van der Waals surface area contributed by atoms with E-state index in [0.29, 0.717) is 12.1 Å². The van der Waals surface area contributed by atoms with Crippen molar-refractivity contribution in [3.05, 3.63) is 66.0 Å². The van der Waals surface area contributed by atoms with Crippen LogP contribution in [-0.4, -0.2) is 11.2 Å². The van der Waals surface area contributed by atoms with Crippen molar-refractivity contribution in [3.63, 3.8) is 0 Å². The molecule has 0 aromatic heterocycles. The molecule has 1 unspecified atom stereocenters. The zero-order valence-electron chi connectivity index (χ0n) is 13.2. The van der Waals surface area contributed by atoms with Gasteiger partial charge in [0.2, 0.25) is 5.91 Å². The minimum Gasteiger partial charge on any atom is -0.321 e. The van der Waals surface area contributed by atoms with Crippen LogP contribution in [0.1, 0.15) is 18.9 Å². The topological polar surface area (TPSA) is 52.9 Å². The van der Waals surface area contributed by atoms with Crippen LogP contribution in [0.2, 0.25) is 0 Å². The van der Waals surface area contributed by atoms with E-state index in [0.717, 1.165) is 10.5 Å². The highest BCUT2D eigenvalue weighted by molar-refractivity contribution is 8.00. The van der Waals surface area contributed by atoms with Crippen LogP contribution in [0.5, 0.6) is 0 Å². The minimum absolute atomic E-state index is 0.141. The fourth-order valence-corrected chi connectivity index (χ4v) is 2.97. The molecule has 0 saturated carbocycles. The highest BCUT2D eigenvalue weighted by atomic mass is 32.2. The van der Waals surface area contributed by atoms with Gasteiger partial charge in [0.1, 0.15) is 5.82 Å². The lowest BCUT2D eigenvalue weighted by molar-refractivity contribution is -0.111. The van der Waals surface area contributed by atoms with Crippen molar-refractivity contribution in [2.45, 2.75) is 23.5 Å². The quantitative estimate of drug-likeness (QED) is 0.603. The van der Waals surface area contributed by atoms with E-state index in [9.17, 15) is 9.18 Å². The summed E-state index contributed by atoms with van der Waals surface area (Å²) < 4.78 is 12.9. The standard InChI is InChI=1S/C19H17FN2OS/c1-14(12-13-21)24-18-5-3-2-4-17(18)22-19(23)11-8-15-6-9-16(20)10-7-15/h2-11,14H,12H2,1H3,(H,22,23). The summed E-state index contributed by atoms with van der Waals surface area (Å²) in [5.41, 5.74) is 1.46. The summed E-state index contributed by atoms with van der Waals surface area (Å²) in [6, 6.07) is 15.5. The maximum atomic E-state index is 12.9. The Hall–Kier alpha value is -2.58. The lowest BCUT2D eigenvalue weighted by Crippen LogP contribution is -2.09. The van der Waals surface area contributed by atoms with Crippen LogP contribution in [0.4, 0.5) is 10.1 Å². The summed E-state index contributed by atoms with van der Waals surface area (Å²) in [4.78, 5) is 13.0. The van der Waals surface area contributed by atoms with Crippen molar-refractivity contribution in [1.82, 2.24) is 0 Å². The average Bonchev–Trinajstić information content (AvgIpc) is 2.56. The zero-order chi connectivity index (χ0) is 17.4. The SMILES string of the molecule is CC(CC#N)Sc1ccccc1NC(=O)C=Cc1ccc(F)cc1. The molecule has 0 aliphatic rings. The molecular weight excluding hydrogens is 323 g/mol. The van der Waals surface area contributed by atoms with Gasteiger partial charge in [0.25, 0.3) is 0 Å². The van der Waals surface area contributed by atoms with Crippen LogP contribution in [0.3, 0.4) is 0 Å². The Morgan fingerprint density at radius 1 is 1.29 bits per heavy atom. The Balaban J connectivity index is 2.03. The molecule has 0 fully saturated rings.